The van der Waals surface area contributed by atoms with Crippen molar-refractivity contribution in [2.75, 3.05) is 13.2 Å². The van der Waals surface area contributed by atoms with Crippen LogP contribution < -0.4 is 0 Å². The zero-order valence-corrected chi connectivity index (χ0v) is 14.9. The lowest BCUT2D eigenvalue weighted by Crippen LogP contribution is -2.41. The zero-order chi connectivity index (χ0) is 16.4. The number of aryl methyl sites for hydroxylation is 1. The smallest absolute Gasteiger partial charge is 0.100 e. The van der Waals surface area contributed by atoms with E-state index in [9.17, 15) is 0 Å². The SMILES string of the molecule is Cc1ccsc1CN1C[C@H](OCc2ccccn2)[C@H]2OCCC[C@H]21. The molecule has 4 rings (SSSR count). The molecule has 0 aromatic carbocycles. The molecule has 2 aliphatic heterocycles. The van der Waals surface area contributed by atoms with Crippen LogP contribution in [0.15, 0.2) is 35.8 Å². The number of ether oxygens (including phenoxy) is 2. The lowest BCUT2D eigenvalue weighted by molar-refractivity contribution is -0.0823. The quantitative estimate of drug-likeness (QED) is 0.833. The number of rotatable bonds is 5. The van der Waals surface area contributed by atoms with Crippen molar-refractivity contribution in [3.63, 3.8) is 0 Å². The molecule has 2 aromatic rings. The molecule has 2 aromatic heterocycles. The number of hydrogen-bond acceptors (Lipinski definition) is 5. The van der Waals surface area contributed by atoms with E-state index in [2.05, 4.69) is 28.3 Å². The predicted octanol–water partition coefficient (Wildman–Crippen LogP) is 3.40. The van der Waals surface area contributed by atoms with Gasteiger partial charge in [0.1, 0.15) is 6.10 Å². The maximum absolute atomic E-state index is 6.21. The van der Waals surface area contributed by atoms with E-state index in [1.165, 1.54) is 16.9 Å². The minimum atomic E-state index is 0.137. The molecule has 0 aliphatic carbocycles. The van der Waals surface area contributed by atoms with Crippen molar-refractivity contribution < 1.29 is 9.47 Å². The third-order valence-electron chi connectivity index (χ3n) is 5.07. The van der Waals surface area contributed by atoms with Gasteiger partial charge in [-0.1, -0.05) is 6.07 Å². The van der Waals surface area contributed by atoms with Crippen LogP contribution in [0.4, 0.5) is 0 Å². The van der Waals surface area contributed by atoms with Gasteiger partial charge in [-0.05, 0) is 48.9 Å². The van der Waals surface area contributed by atoms with Crippen molar-refractivity contribution in [2.45, 2.75) is 51.2 Å². The predicted molar refractivity (Wildman–Crippen MR) is 95.0 cm³/mol. The Bertz CT molecular complexity index is 660. The number of fused-ring (bicyclic) bond motifs is 1. The Balaban J connectivity index is 1.44. The van der Waals surface area contributed by atoms with Crippen LogP contribution in [0.5, 0.6) is 0 Å². The zero-order valence-electron chi connectivity index (χ0n) is 14.1. The van der Waals surface area contributed by atoms with Gasteiger partial charge in [0.2, 0.25) is 0 Å². The topological polar surface area (TPSA) is 34.6 Å². The van der Waals surface area contributed by atoms with Crippen LogP contribution >= 0.6 is 11.3 Å². The Kier molecular flexibility index (Phi) is 4.94. The number of pyridine rings is 1. The molecule has 2 aliphatic rings. The van der Waals surface area contributed by atoms with Gasteiger partial charge in [0.25, 0.3) is 0 Å². The first-order valence-corrected chi connectivity index (χ1v) is 9.59. The molecule has 4 nitrogen and oxygen atoms in total. The van der Waals surface area contributed by atoms with Crippen LogP contribution in [0, 0.1) is 6.92 Å². The second-order valence-corrected chi connectivity index (χ2v) is 7.67. The molecule has 0 bridgehead atoms. The molecule has 5 heteroatoms. The van der Waals surface area contributed by atoms with E-state index in [0.29, 0.717) is 12.6 Å². The number of likely N-dealkylation sites (tertiary alicyclic amines) is 1. The van der Waals surface area contributed by atoms with Crippen molar-refractivity contribution in [1.82, 2.24) is 9.88 Å². The van der Waals surface area contributed by atoms with Crippen LogP contribution in [0.2, 0.25) is 0 Å². The van der Waals surface area contributed by atoms with E-state index in [-0.39, 0.29) is 12.2 Å². The molecule has 3 atom stereocenters. The van der Waals surface area contributed by atoms with Gasteiger partial charge in [0.15, 0.2) is 0 Å². The normalized spacial score (nSPS) is 27.3. The van der Waals surface area contributed by atoms with E-state index < -0.39 is 0 Å². The van der Waals surface area contributed by atoms with Crippen LogP contribution in [0.1, 0.15) is 29.0 Å². The fourth-order valence-electron chi connectivity index (χ4n) is 3.76. The second-order valence-electron chi connectivity index (χ2n) is 6.67. The van der Waals surface area contributed by atoms with Crippen LogP contribution in [0.3, 0.4) is 0 Å². The highest BCUT2D eigenvalue weighted by atomic mass is 32.1. The van der Waals surface area contributed by atoms with Crippen molar-refractivity contribution >= 4 is 11.3 Å². The first-order valence-electron chi connectivity index (χ1n) is 8.71. The molecular formula is C19H24N2O2S. The average molecular weight is 344 g/mol. The third-order valence-corrected chi connectivity index (χ3v) is 6.08. The van der Waals surface area contributed by atoms with Gasteiger partial charge in [-0.25, -0.2) is 0 Å². The third kappa shape index (κ3) is 3.40. The van der Waals surface area contributed by atoms with Gasteiger partial charge in [-0.15, -0.1) is 11.3 Å². The van der Waals surface area contributed by atoms with Gasteiger partial charge in [-0.3, -0.25) is 9.88 Å². The summed E-state index contributed by atoms with van der Waals surface area (Å²) < 4.78 is 12.3. The van der Waals surface area contributed by atoms with Crippen molar-refractivity contribution in [3.8, 4) is 0 Å². The molecule has 0 unspecified atom stereocenters. The summed E-state index contributed by atoms with van der Waals surface area (Å²) in [4.78, 5) is 8.38. The molecule has 128 valence electrons. The highest BCUT2D eigenvalue weighted by Gasteiger charge is 2.44. The summed E-state index contributed by atoms with van der Waals surface area (Å²) in [5, 5.41) is 2.19. The molecule has 0 radical (unpaired) electrons. The first-order chi connectivity index (χ1) is 11.8. The summed E-state index contributed by atoms with van der Waals surface area (Å²) >= 11 is 1.85. The van der Waals surface area contributed by atoms with Crippen molar-refractivity contribution in [1.29, 1.82) is 0 Å². The van der Waals surface area contributed by atoms with Gasteiger partial charge in [0.05, 0.1) is 18.4 Å². The maximum Gasteiger partial charge on any atom is 0.100 e. The van der Waals surface area contributed by atoms with E-state index in [0.717, 1.165) is 31.8 Å². The maximum atomic E-state index is 6.21. The summed E-state index contributed by atoms with van der Waals surface area (Å²) in [5.41, 5.74) is 2.38. The summed E-state index contributed by atoms with van der Waals surface area (Å²) in [6, 6.07) is 8.64. The Morgan fingerprint density at radius 1 is 1.38 bits per heavy atom. The summed E-state index contributed by atoms with van der Waals surface area (Å²) in [6.07, 6.45) is 4.51. The van der Waals surface area contributed by atoms with E-state index in [1.54, 1.807) is 0 Å². The largest absolute Gasteiger partial charge is 0.374 e. The second kappa shape index (κ2) is 7.31. The summed E-state index contributed by atoms with van der Waals surface area (Å²) in [5.74, 6) is 0. The van der Waals surface area contributed by atoms with E-state index in [1.807, 2.05) is 35.7 Å². The highest BCUT2D eigenvalue weighted by molar-refractivity contribution is 7.10. The summed E-state index contributed by atoms with van der Waals surface area (Å²) in [7, 11) is 0. The molecule has 0 amide bonds. The average Bonchev–Trinajstić information content (AvgIpc) is 3.19. The lowest BCUT2D eigenvalue weighted by Gasteiger charge is -2.32. The fraction of sp³-hybridized carbons (Fsp3) is 0.526. The highest BCUT2D eigenvalue weighted by Crippen LogP contribution is 2.33. The lowest BCUT2D eigenvalue weighted by atomic mass is 10.0. The Labute approximate surface area is 147 Å². The van der Waals surface area contributed by atoms with Gasteiger partial charge in [0, 0.05) is 36.8 Å². The molecule has 0 N–H and O–H groups in total. The Hall–Kier alpha value is -1.27. The van der Waals surface area contributed by atoms with Crippen molar-refractivity contribution in [3.05, 3.63) is 52.0 Å². The molecular weight excluding hydrogens is 320 g/mol. The number of thiophene rings is 1. The van der Waals surface area contributed by atoms with Gasteiger partial charge in [-0.2, -0.15) is 0 Å². The van der Waals surface area contributed by atoms with Gasteiger partial charge < -0.3 is 9.47 Å². The molecule has 0 saturated carbocycles. The van der Waals surface area contributed by atoms with Crippen LogP contribution in [-0.4, -0.2) is 41.3 Å². The van der Waals surface area contributed by atoms with Crippen molar-refractivity contribution in [2.24, 2.45) is 0 Å². The fourth-order valence-corrected chi connectivity index (χ4v) is 4.69. The molecule has 4 heterocycles. The molecule has 2 fully saturated rings. The van der Waals surface area contributed by atoms with E-state index >= 15 is 0 Å². The first kappa shape index (κ1) is 16.2. The Morgan fingerprint density at radius 2 is 2.33 bits per heavy atom. The minimum absolute atomic E-state index is 0.137. The molecule has 0 spiro atoms. The van der Waals surface area contributed by atoms with Crippen LogP contribution in [0.25, 0.3) is 0 Å². The van der Waals surface area contributed by atoms with Crippen LogP contribution in [-0.2, 0) is 22.6 Å². The molecule has 2 saturated heterocycles. The van der Waals surface area contributed by atoms with Gasteiger partial charge >= 0.3 is 0 Å². The minimum Gasteiger partial charge on any atom is -0.374 e. The standard InChI is InChI=1S/C19H24N2O2S/c1-14-7-10-24-18(14)12-21-11-17(19-16(21)6-4-9-22-19)23-13-15-5-2-3-8-20-15/h2-3,5,7-8,10,16-17,19H,4,6,9,11-13H2,1H3/t16-,17+,19+/m1/s1. The van der Waals surface area contributed by atoms with E-state index in [4.69, 9.17) is 9.47 Å². The number of hydrogen-bond donors (Lipinski definition) is 0. The summed E-state index contributed by atoms with van der Waals surface area (Å²) in [6.45, 7) is 5.57. The number of nitrogens with zero attached hydrogens (tertiary/aromatic N) is 2. The Morgan fingerprint density at radius 3 is 3.12 bits per heavy atom. The number of aromatic nitrogens is 1. The monoisotopic (exact) mass is 344 g/mol. The molecule has 24 heavy (non-hydrogen) atoms.